The van der Waals surface area contributed by atoms with Crippen molar-refractivity contribution in [3.8, 4) is 0 Å². The first-order valence-electron chi connectivity index (χ1n) is 14.3. The van der Waals surface area contributed by atoms with E-state index in [9.17, 15) is 14.7 Å². The minimum atomic E-state index is -0.840. The Kier molecular flexibility index (Phi) is 8.43. The lowest BCUT2D eigenvalue weighted by molar-refractivity contribution is -0.142. The van der Waals surface area contributed by atoms with Crippen LogP contribution in [0, 0.1) is 17.8 Å². The van der Waals surface area contributed by atoms with Gasteiger partial charge in [0.05, 0.1) is 17.0 Å². The topological polar surface area (TPSA) is 72.2 Å². The molecule has 0 bridgehead atoms. The minimum Gasteiger partial charge on any atom is -0.481 e. The molecule has 0 radical (unpaired) electrons. The summed E-state index contributed by atoms with van der Waals surface area (Å²) < 4.78 is 2.44. The van der Waals surface area contributed by atoms with Gasteiger partial charge in [-0.3, -0.25) is 9.59 Å². The highest BCUT2D eigenvalue weighted by Crippen LogP contribution is 2.38. The second-order valence-electron chi connectivity index (χ2n) is 11.4. The minimum absolute atomic E-state index is 0.0692. The van der Waals surface area contributed by atoms with Crippen LogP contribution in [0.5, 0.6) is 0 Å². The zero-order valence-electron chi connectivity index (χ0n) is 22.0. The molecular formula is C31H40N2O3S. The summed E-state index contributed by atoms with van der Waals surface area (Å²) in [5.74, 6) is 0.552. The van der Waals surface area contributed by atoms with Gasteiger partial charge in [-0.15, -0.1) is 11.3 Å². The van der Waals surface area contributed by atoms with E-state index in [0.717, 1.165) is 42.5 Å². The number of aliphatic carboxylic acids is 1. The molecule has 0 aliphatic heterocycles. The Morgan fingerprint density at radius 2 is 1.81 bits per heavy atom. The summed E-state index contributed by atoms with van der Waals surface area (Å²) >= 11 is 1.75. The van der Waals surface area contributed by atoms with Crippen LogP contribution in [0.25, 0.3) is 11.0 Å². The van der Waals surface area contributed by atoms with Gasteiger partial charge < -0.3 is 9.67 Å². The number of carboxylic acid groups (broad SMARTS) is 1. The molecule has 198 valence electrons. The molecule has 3 aromatic rings. The first-order chi connectivity index (χ1) is 18.0. The molecule has 2 aliphatic carbocycles. The molecule has 3 atom stereocenters. The smallest absolute Gasteiger partial charge is 0.306 e. The molecule has 2 fully saturated rings. The molecule has 1 N–H and O–H groups in total. The summed E-state index contributed by atoms with van der Waals surface area (Å²) in [6.45, 7) is 2.35. The van der Waals surface area contributed by atoms with E-state index < -0.39 is 11.9 Å². The zero-order chi connectivity index (χ0) is 25.8. The maximum Gasteiger partial charge on any atom is 0.306 e. The Morgan fingerprint density at radius 1 is 1.05 bits per heavy atom. The SMILES string of the molecule is C[C@@H]1CCCC[C@H]1n1c(Cc2cccs2)nc2cc(C(=O)CC(CC3CCCCCC3)C(=O)O)ccc21. The Hall–Kier alpha value is -2.47. The lowest BCUT2D eigenvalue weighted by Gasteiger charge is -2.31. The third kappa shape index (κ3) is 6.17. The quantitative estimate of drug-likeness (QED) is 0.229. The Bertz CT molecular complexity index is 1210. The first kappa shape index (κ1) is 26.1. The highest BCUT2D eigenvalue weighted by Gasteiger charge is 2.29. The fourth-order valence-corrected chi connectivity index (χ4v) is 7.38. The van der Waals surface area contributed by atoms with Crippen LogP contribution in [-0.2, 0) is 11.2 Å². The van der Waals surface area contributed by atoms with Crippen molar-refractivity contribution < 1.29 is 14.7 Å². The largest absolute Gasteiger partial charge is 0.481 e. The summed E-state index contributed by atoms with van der Waals surface area (Å²) in [5.41, 5.74) is 2.53. The van der Waals surface area contributed by atoms with Gasteiger partial charge in [0, 0.05) is 29.3 Å². The number of hydrogen-bond donors (Lipinski definition) is 1. The number of aromatic nitrogens is 2. The second kappa shape index (κ2) is 11.9. The number of carbonyl (C=O) groups excluding carboxylic acids is 1. The molecular weight excluding hydrogens is 480 g/mol. The summed E-state index contributed by atoms with van der Waals surface area (Å²) in [6, 6.07) is 10.5. The van der Waals surface area contributed by atoms with E-state index in [4.69, 9.17) is 4.98 Å². The van der Waals surface area contributed by atoms with Crippen molar-refractivity contribution in [3.63, 3.8) is 0 Å². The van der Waals surface area contributed by atoms with Gasteiger partial charge in [-0.2, -0.15) is 0 Å². The molecule has 2 aromatic heterocycles. The highest BCUT2D eigenvalue weighted by atomic mass is 32.1. The van der Waals surface area contributed by atoms with Gasteiger partial charge in [0.25, 0.3) is 0 Å². The third-order valence-electron chi connectivity index (χ3n) is 8.77. The average molecular weight is 521 g/mol. The average Bonchev–Trinajstić information content (AvgIpc) is 3.44. The molecule has 5 rings (SSSR count). The van der Waals surface area contributed by atoms with Gasteiger partial charge in [-0.1, -0.05) is 64.4 Å². The lowest BCUT2D eigenvalue weighted by Crippen LogP contribution is -2.23. The highest BCUT2D eigenvalue weighted by molar-refractivity contribution is 7.09. The van der Waals surface area contributed by atoms with Crippen LogP contribution in [0.2, 0.25) is 0 Å². The molecule has 0 amide bonds. The number of thiophene rings is 1. The van der Waals surface area contributed by atoms with Crippen LogP contribution in [-0.4, -0.2) is 26.4 Å². The van der Waals surface area contributed by atoms with Crippen molar-refractivity contribution in [2.75, 3.05) is 0 Å². The third-order valence-corrected chi connectivity index (χ3v) is 9.64. The van der Waals surface area contributed by atoms with Crippen LogP contribution in [0.1, 0.15) is 111 Å². The molecule has 5 nitrogen and oxygen atoms in total. The van der Waals surface area contributed by atoms with Gasteiger partial charge >= 0.3 is 5.97 Å². The van der Waals surface area contributed by atoms with E-state index in [1.54, 1.807) is 11.3 Å². The number of fused-ring (bicyclic) bond motifs is 1. The van der Waals surface area contributed by atoms with Crippen molar-refractivity contribution in [1.29, 1.82) is 0 Å². The predicted octanol–water partition coefficient (Wildman–Crippen LogP) is 8.07. The normalized spacial score (nSPS) is 22.1. The summed E-state index contributed by atoms with van der Waals surface area (Å²) in [7, 11) is 0. The number of carbonyl (C=O) groups is 2. The van der Waals surface area contributed by atoms with Crippen molar-refractivity contribution >= 4 is 34.1 Å². The van der Waals surface area contributed by atoms with E-state index in [1.807, 2.05) is 12.1 Å². The maximum atomic E-state index is 13.3. The molecule has 6 heteroatoms. The number of benzene rings is 1. The van der Waals surface area contributed by atoms with Crippen molar-refractivity contribution in [2.45, 2.75) is 96.4 Å². The Morgan fingerprint density at radius 3 is 2.51 bits per heavy atom. The predicted molar refractivity (Wildman–Crippen MR) is 149 cm³/mol. The molecule has 1 aromatic carbocycles. The van der Waals surface area contributed by atoms with Gasteiger partial charge in [0.1, 0.15) is 5.82 Å². The van der Waals surface area contributed by atoms with E-state index in [-0.39, 0.29) is 12.2 Å². The molecule has 1 unspecified atom stereocenters. The van der Waals surface area contributed by atoms with Crippen LogP contribution >= 0.6 is 11.3 Å². The Labute approximate surface area is 224 Å². The molecule has 37 heavy (non-hydrogen) atoms. The van der Waals surface area contributed by atoms with Crippen LogP contribution in [0.15, 0.2) is 35.7 Å². The molecule has 2 heterocycles. The molecule has 2 aliphatic rings. The monoisotopic (exact) mass is 520 g/mol. The van der Waals surface area contributed by atoms with Gasteiger partial charge in [-0.05, 0) is 60.7 Å². The number of ketones is 1. The van der Waals surface area contributed by atoms with Crippen LogP contribution < -0.4 is 0 Å². The number of rotatable bonds is 9. The van der Waals surface area contributed by atoms with E-state index in [0.29, 0.717) is 29.9 Å². The molecule has 0 saturated heterocycles. The van der Waals surface area contributed by atoms with E-state index >= 15 is 0 Å². The number of carboxylic acids is 1. The Balaban J connectivity index is 1.40. The van der Waals surface area contributed by atoms with Gasteiger partial charge in [-0.25, -0.2) is 4.98 Å². The summed E-state index contributed by atoms with van der Waals surface area (Å²) in [4.78, 5) is 31.7. The van der Waals surface area contributed by atoms with E-state index in [2.05, 4.69) is 35.1 Å². The maximum absolute atomic E-state index is 13.3. The lowest BCUT2D eigenvalue weighted by atomic mass is 9.85. The number of nitrogens with zero attached hydrogens (tertiary/aromatic N) is 2. The van der Waals surface area contributed by atoms with Crippen LogP contribution in [0.4, 0.5) is 0 Å². The first-order valence-corrected chi connectivity index (χ1v) is 15.2. The second-order valence-corrected chi connectivity index (χ2v) is 12.5. The zero-order valence-corrected chi connectivity index (χ0v) is 22.8. The summed E-state index contributed by atoms with van der Waals surface area (Å²) in [6.07, 6.45) is 13.4. The molecule has 0 spiro atoms. The van der Waals surface area contributed by atoms with Gasteiger partial charge in [0.15, 0.2) is 5.78 Å². The van der Waals surface area contributed by atoms with Crippen molar-refractivity contribution in [3.05, 3.63) is 52.0 Å². The van der Waals surface area contributed by atoms with Crippen molar-refractivity contribution in [1.82, 2.24) is 9.55 Å². The molecule has 2 saturated carbocycles. The summed E-state index contributed by atoms with van der Waals surface area (Å²) in [5, 5.41) is 12.0. The number of hydrogen-bond acceptors (Lipinski definition) is 4. The fourth-order valence-electron chi connectivity index (χ4n) is 6.68. The van der Waals surface area contributed by atoms with Crippen LogP contribution in [0.3, 0.4) is 0 Å². The fraction of sp³-hybridized carbons (Fsp3) is 0.581. The van der Waals surface area contributed by atoms with Crippen molar-refractivity contribution in [2.24, 2.45) is 17.8 Å². The van der Waals surface area contributed by atoms with Gasteiger partial charge in [0.2, 0.25) is 0 Å². The van der Waals surface area contributed by atoms with E-state index in [1.165, 1.54) is 49.8 Å². The number of imidazole rings is 1. The number of Topliss-reactive ketones (excluding diaryl/α,β-unsaturated/α-hetero) is 1. The standard InChI is InChI=1S/C31H40N2O3S/c1-21-9-6-7-13-27(21)33-28-15-14-23(18-26(28)32-30(33)20-25-12-8-16-37-25)29(34)19-24(31(35)36)17-22-10-4-2-3-5-11-22/h8,12,14-16,18,21-22,24,27H,2-7,9-11,13,17,19-20H2,1H3,(H,35,36)/t21-,24?,27-/m1/s1.